The molecule has 0 spiro atoms. The van der Waals surface area contributed by atoms with Crippen molar-refractivity contribution in [3.05, 3.63) is 196 Å². The fraction of sp³-hybridized carbons (Fsp3) is 0.105. The van der Waals surface area contributed by atoms with Crippen molar-refractivity contribution in [2.75, 3.05) is 0 Å². The van der Waals surface area contributed by atoms with Gasteiger partial charge in [-0.2, -0.15) is 0 Å². The standard InChI is InChI=1S/C57H41N3Se/c1-32-28-45-39-18-10-8-16-37(39)30-47(45)52(34(32)3)43-22-23-44(54-41(36-14-6-5-7-15-36)24-25-51-56(54)42-20-12-13-21-50(42)61-51)55(49-26-27-58-60-59-49)57(43)53-35(4)33(2)29-46-40-19-11-9-17-38(40)31-48(46)53/h5-29H,30-31H2,1-4H3. The Morgan fingerprint density at radius 2 is 1.03 bits per heavy atom. The molecule has 2 aliphatic carbocycles. The van der Waals surface area contributed by atoms with Crippen molar-refractivity contribution < 1.29 is 0 Å². The molecule has 0 aliphatic heterocycles. The zero-order valence-corrected chi connectivity index (χ0v) is 36.3. The van der Waals surface area contributed by atoms with Crippen LogP contribution in [0.5, 0.6) is 0 Å². The Morgan fingerprint density at radius 3 is 1.72 bits per heavy atom. The van der Waals surface area contributed by atoms with Crippen molar-refractivity contribution in [2.45, 2.75) is 40.5 Å². The third kappa shape index (κ3) is 5.46. The first-order valence-electron chi connectivity index (χ1n) is 21.2. The Morgan fingerprint density at radius 1 is 0.443 bits per heavy atom. The first-order chi connectivity index (χ1) is 29.9. The quantitative estimate of drug-likeness (QED) is 0.162. The number of hydrogen-bond donors (Lipinski definition) is 0. The summed E-state index contributed by atoms with van der Waals surface area (Å²) in [5, 5.41) is 16.3. The molecule has 0 N–H and O–H groups in total. The Hall–Kier alpha value is -6.71. The van der Waals surface area contributed by atoms with Crippen LogP contribution in [0.1, 0.15) is 44.5 Å². The molecule has 0 bridgehead atoms. The van der Waals surface area contributed by atoms with Crippen molar-refractivity contribution in [3.8, 4) is 78.0 Å². The van der Waals surface area contributed by atoms with E-state index in [1.54, 1.807) is 0 Å². The molecule has 3 nitrogen and oxygen atoms in total. The van der Waals surface area contributed by atoms with Crippen LogP contribution >= 0.6 is 0 Å². The summed E-state index contributed by atoms with van der Waals surface area (Å²) in [6.45, 7) is 9.24. The average Bonchev–Trinajstić information content (AvgIpc) is 3.98. The normalized spacial score (nSPS) is 12.5. The third-order valence-electron chi connectivity index (χ3n) is 13.6. The van der Waals surface area contributed by atoms with Gasteiger partial charge in [0.2, 0.25) is 0 Å². The number of rotatable bonds is 5. The number of aryl methyl sites for hydroxylation is 2. The van der Waals surface area contributed by atoms with Crippen molar-refractivity contribution in [1.82, 2.24) is 15.4 Å². The molecule has 2 heterocycles. The zero-order valence-electron chi connectivity index (χ0n) is 34.6. The molecule has 290 valence electrons. The van der Waals surface area contributed by atoms with Crippen molar-refractivity contribution in [2.24, 2.45) is 0 Å². The number of hydrogen-bond acceptors (Lipinski definition) is 3. The number of fused-ring (bicyclic) bond motifs is 9. The van der Waals surface area contributed by atoms with Gasteiger partial charge in [0.15, 0.2) is 0 Å². The Kier molecular flexibility index (Phi) is 8.26. The molecule has 0 fully saturated rings. The Balaban J connectivity index is 1.30. The molecule has 2 aromatic heterocycles. The minimum absolute atomic E-state index is 0.184. The Bertz CT molecular complexity index is 3450. The van der Waals surface area contributed by atoms with E-state index in [4.69, 9.17) is 5.10 Å². The van der Waals surface area contributed by atoms with E-state index in [1.165, 1.54) is 125 Å². The summed E-state index contributed by atoms with van der Waals surface area (Å²) in [5.74, 6) is 0. The van der Waals surface area contributed by atoms with Crippen molar-refractivity contribution >= 4 is 33.8 Å². The maximum atomic E-state index is 4.97. The molecule has 61 heavy (non-hydrogen) atoms. The number of nitrogens with zero attached hydrogens (tertiary/aromatic N) is 3. The zero-order chi connectivity index (χ0) is 40.9. The molecular weight excluding hydrogens is 806 g/mol. The van der Waals surface area contributed by atoms with Gasteiger partial charge < -0.3 is 0 Å². The SMILES string of the molecule is Cc1cc2c(c(-c3ccc(-c4c(-c5ccccc5)ccc5[se]c6ccccc6c45)c(-c4ccnnn4)c3-c3c(C)c(C)cc4c3Cc3ccccc3-4)c1C)Cc1ccccc1-2. The molecule has 0 radical (unpaired) electrons. The van der Waals surface area contributed by atoms with Gasteiger partial charge in [0.1, 0.15) is 0 Å². The van der Waals surface area contributed by atoms with E-state index in [2.05, 4.69) is 184 Å². The Labute approximate surface area is 362 Å². The molecule has 2 aliphatic rings. The second-order valence-corrected chi connectivity index (χ2v) is 19.1. The molecule has 0 unspecified atom stereocenters. The summed E-state index contributed by atoms with van der Waals surface area (Å²) in [6, 6.07) is 54.5. The predicted octanol–water partition coefficient (Wildman–Crippen LogP) is 13.9. The van der Waals surface area contributed by atoms with Gasteiger partial charge in [-0.1, -0.05) is 12.1 Å². The van der Waals surface area contributed by atoms with Crippen LogP contribution in [-0.4, -0.2) is 29.9 Å². The van der Waals surface area contributed by atoms with Crippen LogP contribution in [0.15, 0.2) is 152 Å². The van der Waals surface area contributed by atoms with Gasteiger partial charge in [-0.15, -0.1) is 0 Å². The van der Waals surface area contributed by atoms with Crippen LogP contribution in [0.25, 0.3) is 97.3 Å². The van der Waals surface area contributed by atoms with Gasteiger partial charge in [-0.3, -0.25) is 0 Å². The van der Waals surface area contributed by atoms with Gasteiger partial charge in [0, 0.05) is 0 Å². The monoisotopic (exact) mass is 847 g/mol. The van der Waals surface area contributed by atoms with Gasteiger partial charge in [-0.25, -0.2) is 0 Å². The van der Waals surface area contributed by atoms with Crippen molar-refractivity contribution in [1.29, 1.82) is 0 Å². The number of benzene rings is 8. The first-order valence-corrected chi connectivity index (χ1v) is 22.9. The van der Waals surface area contributed by atoms with E-state index in [0.717, 1.165) is 29.7 Å². The van der Waals surface area contributed by atoms with Gasteiger partial charge >= 0.3 is 352 Å². The first kappa shape index (κ1) is 36.2. The summed E-state index contributed by atoms with van der Waals surface area (Å²) in [5.41, 5.74) is 28.0. The maximum absolute atomic E-state index is 4.97. The fourth-order valence-electron chi connectivity index (χ4n) is 10.6. The fourth-order valence-corrected chi connectivity index (χ4v) is 13.0. The molecule has 8 aromatic carbocycles. The molecule has 0 atom stereocenters. The molecule has 0 amide bonds. The molecule has 4 heteroatoms. The molecule has 0 saturated heterocycles. The van der Waals surface area contributed by atoms with E-state index in [1.807, 2.05) is 6.20 Å². The van der Waals surface area contributed by atoms with Crippen LogP contribution in [0, 0.1) is 27.7 Å². The van der Waals surface area contributed by atoms with Crippen LogP contribution in [0.4, 0.5) is 0 Å². The van der Waals surface area contributed by atoms with E-state index in [9.17, 15) is 0 Å². The summed E-state index contributed by atoms with van der Waals surface area (Å²) in [6.07, 6.45) is 3.58. The topological polar surface area (TPSA) is 38.7 Å². The minimum atomic E-state index is 0.184. The predicted molar refractivity (Wildman–Crippen MR) is 254 cm³/mol. The second kappa shape index (κ2) is 13.9. The van der Waals surface area contributed by atoms with Gasteiger partial charge in [0.05, 0.1) is 0 Å². The summed E-state index contributed by atoms with van der Waals surface area (Å²) < 4.78 is 2.84. The van der Waals surface area contributed by atoms with E-state index in [-0.39, 0.29) is 14.5 Å². The number of aromatic nitrogens is 3. The summed E-state index contributed by atoms with van der Waals surface area (Å²) in [7, 11) is 0. The van der Waals surface area contributed by atoms with Gasteiger partial charge in [-0.05, 0) is 0 Å². The second-order valence-electron chi connectivity index (χ2n) is 16.8. The molecule has 10 aromatic rings. The third-order valence-corrected chi connectivity index (χ3v) is 16.0. The average molecular weight is 847 g/mol. The van der Waals surface area contributed by atoms with Crippen LogP contribution in [-0.2, 0) is 12.8 Å². The van der Waals surface area contributed by atoms with Crippen molar-refractivity contribution in [3.63, 3.8) is 0 Å². The molecule has 12 rings (SSSR count). The molecule has 0 saturated carbocycles. The van der Waals surface area contributed by atoms with Crippen LogP contribution < -0.4 is 0 Å². The van der Waals surface area contributed by atoms with Gasteiger partial charge in [0.25, 0.3) is 0 Å². The summed E-state index contributed by atoms with van der Waals surface area (Å²) in [4.78, 5) is 0. The molecular formula is C57H41N3Se. The van der Waals surface area contributed by atoms with Crippen LogP contribution in [0.3, 0.4) is 0 Å². The van der Waals surface area contributed by atoms with Crippen LogP contribution in [0.2, 0.25) is 0 Å². The van der Waals surface area contributed by atoms with E-state index in [0.29, 0.717) is 0 Å². The summed E-state index contributed by atoms with van der Waals surface area (Å²) >= 11 is 0.184. The van der Waals surface area contributed by atoms with E-state index >= 15 is 0 Å². The van der Waals surface area contributed by atoms with E-state index < -0.39 is 0 Å².